The van der Waals surface area contributed by atoms with Crippen LogP contribution in [0.1, 0.15) is 28.9 Å². The van der Waals surface area contributed by atoms with Gasteiger partial charge in [-0.3, -0.25) is 4.98 Å². The minimum atomic E-state index is -0.993. The Morgan fingerprint density at radius 1 is 1.22 bits per heavy atom. The molecule has 1 heterocycles. The molecular formula is C14H13NO3. The van der Waals surface area contributed by atoms with Crippen molar-refractivity contribution in [3.8, 4) is 5.75 Å². The van der Waals surface area contributed by atoms with Gasteiger partial charge in [0.2, 0.25) is 0 Å². The number of pyridine rings is 1. The lowest BCUT2D eigenvalue weighted by molar-refractivity contribution is 0.0689. The van der Waals surface area contributed by atoms with Gasteiger partial charge in [0.25, 0.3) is 0 Å². The second kappa shape index (κ2) is 5.31. The zero-order chi connectivity index (χ0) is 13.0. The van der Waals surface area contributed by atoms with E-state index in [1.54, 1.807) is 30.6 Å². The van der Waals surface area contributed by atoms with Crippen molar-refractivity contribution < 1.29 is 14.6 Å². The molecule has 4 nitrogen and oxygen atoms in total. The highest BCUT2D eigenvalue weighted by Gasteiger charge is 2.13. The van der Waals surface area contributed by atoms with Crippen LogP contribution in [0.15, 0.2) is 48.8 Å². The Balaban J connectivity index is 2.22. The average molecular weight is 243 g/mol. The summed E-state index contributed by atoms with van der Waals surface area (Å²) in [6.45, 7) is 1.87. The number of hydrogen-bond acceptors (Lipinski definition) is 3. The molecule has 18 heavy (non-hydrogen) atoms. The van der Waals surface area contributed by atoms with Crippen molar-refractivity contribution >= 4 is 5.97 Å². The molecule has 0 spiro atoms. The van der Waals surface area contributed by atoms with Gasteiger partial charge in [0.05, 0.1) is 0 Å². The molecule has 1 aromatic carbocycles. The molecule has 2 aromatic rings. The van der Waals surface area contributed by atoms with Crippen molar-refractivity contribution in [2.24, 2.45) is 0 Å². The summed E-state index contributed by atoms with van der Waals surface area (Å²) in [5.74, 6) is -0.623. The molecule has 1 unspecified atom stereocenters. The standard InChI is InChI=1S/C14H13NO3/c1-10(11-6-8-15-9-7-11)18-13-5-3-2-4-12(13)14(16)17/h2-10H,1H3,(H,16,17). The summed E-state index contributed by atoms with van der Waals surface area (Å²) in [6.07, 6.45) is 3.13. The maximum absolute atomic E-state index is 11.0. The Labute approximate surface area is 105 Å². The van der Waals surface area contributed by atoms with Crippen LogP contribution in [0.5, 0.6) is 5.75 Å². The second-order valence-electron chi connectivity index (χ2n) is 3.84. The number of hydrogen-bond donors (Lipinski definition) is 1. The number of carboxylic acids is 1. The van der Waals surface area contributed by atoms with E-state index >= 15 is 0 Å². The van der Waals surface area contributed by atoms with Crippen LogP contribution in [-0.4, -0.2) is 16.1 Å². The molecule has 0 aliphatic heterocycles. The summed E-state index contributed by atoms with van der Waals surface area (Å²) in [5, 5.41) is 9.06. The molecule has 4 heteroatoms. The van der Waals surface area contributed by atoms with Crippen molar-refractivity contribution in [1.29, 1.82) is 0 Å². The number of para-hydroxylation sites is 1. The lowest BCUT2D eigenvalue weighted by Gasteiger charge is -2.16. The molecule has 0 saturated carbocycles. The first kappa shape index (κ1) is 12.1. The van der Waals surface area contributed by atoms with Gasteiger partial charge in [0, 0.05) is 12.4 Å². The quantitative estimate of drug-likeness (QED) is 0.896. The molecule has 1 N–H and O–H groups in total. The van der Waals surface area contributed by atoms with Crippen LogP contribution < -0.4 is 4.74 Å². The lowest BCUT2D eigenvalue weighted by Crippen LogP contribution is -2.07. The van der Waals surface area contributed by atoms with Crippen molar-refractivity contribution in [3.63, 3.8) is 0 Å². The van der Waals surface area contributed by atoms with E-state index in [1.807, 2.05) is 19.1 Å². The summed E-state index contributed by atoms with van der Waals surface area (Å²) in [4.78, 5) is 15.0. The minimum Gasteiger partial charge on any atom is -0.485 e. The number of ether oxygens (including phenoxy) is 1. The molecule has 1 atom stereocenters. The Morgan fingerprint density at radius 3 is 2.56 bits per heavy atom. The molecular weight excluding hydrogens is 230 g/mol. The molecule has 0 fully saturated rings. The van der Waals surface area contributed by atoms with Gasteiger partial charge >= 0.3 is 5.97 Å². The van der Waals surface area contributed by atoms with Crippen molar-refractivity contribution in [2.75, 3.05) is 0 Å². The van der Waals surface area contributed by atoms with Crippen LogP contribution in [-0.2, 0) is 0 Å². The first-order valence-corrected chi connectivity index (χ1v) is 5.57. The van der Waals surface area contributed by atoms with Gasteiger partial charge in [-0.05, 0) is 36.8 Å². The Bertz CT molecular complexity index is 540. The number of carbonyl (C=O) groups is 1. The van der Waals surface area contributed by atoms with E-state index < -0.39 is 5.97 Å². The largest absolute Gasteiger partial charge is 0.485 e. The molecule has 92 valence electrons. The lowest BCUT2D eigenvalue weighted by atomic mass is 10.1. The van der Waals surface area contributed by atoms with Gasteiger partial charge in [0.15, 0.2) is 0 Å². The first-order valence-electron chi connectivity index (χ1n) is 5.57. The Hall–Kier alpha value is -2.36. The molecule has 0 amide bonds. The Kier molecular flexibility index (Phi) is 3.57. The summed E-state index contributed by atoms with van der Waals surface area (Å²) in [6, 6.07) is 10.3. The van der Waals surface area contributed by atoms with Crippen LogP contribution in [0.25, 0.3) is 0 Å². The molecule has 0 radical (unpaired) electrons. The van der Waals surface area contributed by atoms with E-state index in [-0.39, 0.29) is 11.7 Å². The van der Waals surface area contributed by atoms with Gasteiger partial charge < -0.3 is 9.84 Å². The maximum atomic E-state index is 11.0. The van der Waals surface area contributed by atoms with Crippen LogP contribution in [0.3, 0.4) is 0 Å². The van der Waals surface area contributed by atoms with Gasteiger partial charge in [-0.15, -0.1) is 0 Å². The highest BCUT2D eigenvalue weighted by molar-refractivity contribution is 5.90. The van der Waals surface area contributed by atoms with Gasteiger partial charge in [-0.2, -0.15) is 0 Å². The fourth-order valence-corrected chi connectivity index (χ4v) is 1.64. The molecule has 2 rings (SSSR count). The SMILES string of the molecule is CC(Oc1ccccc1C(=O)O)c1ccncc1. The minimum absolute atomic E-state index is 0.165. The smallest absolute Gasteiger partial charge is 0.339 e. The van der Waals surface area contributed by atoms with Crippen molar-refractivity contribution in [1.82, 2.24) is 4.98 Å². The third-order valence-electron chi connectivity index (χ3n) is 2.60. The van der Waals surface area contributed by atoms with E-state index in [4.69, 9.17) is 9.84 Å². The third-order valence-corrected chi connectivity index (χ3v) is 2.60. The third kappa shape index (κ3) is 2.66. The second-order valence-corrected chi connectivity index (χ2v) is 3.84. The van der Waals surface area contributed by atoms with Crippen LogP contribution in [0, 0.1) is 0 Å². The average Bonchev–Trinajstić information content (AvgIpc) is 2.40. The van der Waals surface area contributed by atoms with E-state index in [2.05, 4.69) is 4.98 Å². The number of carboxylic acid groups (broad SMARTS) is 1. The number of aromatic nitrogens is 1. The number of aromatic carboxylic acids is 1. The normalized spacial score (nSPS) is 11.8. The molecule has 0 saturated heterocycles. The molecule has 0 aliphatic rings. The van der Waals surface area contributed by atoms with Gasteiger partial charge in [-0.1, -0.05) is 12.1 Å². The topological polar surface area (TPSA) is 59.4 Å². The summed E-state index contributed by atoms with van der Waals surface area (Å²) in [5.41, 5.74) is 1.11. The van der Waals surface area contributed by atoms with Crippen LogP contribution in [0.2, 0.25) is 0 Å². The highest BCUT2D eigenvalue weighted by atomic mass is 16.5. The van der Waals surface area contributed by atoms with Crippen LogP contribution >= 0.6 is 0 Å². The highest BCUT2D eigenvalue weighted by Crippen LogP contribution is 2.24. The summed E-state index contributed by atoms with van der Waals surface area (Å²) in [7, 11) is 0. The summed E-state index contributed by atoms with van der Waals surface area (Å²) < 4.78 is 5.68. The van der Waals surface area contributed by atoms with Gasteiger partial charge in [-0.25, -0.2) is 4.79 Å². The zero-order valence-electron chi connectivity index (χ0n) is 9.91. The maximum Gasteiger partial charge on any atom is 0.339 e. The predicted octanol–water partition coefficient (Wildman–Crippen LogP) is 2.92. The predicted molar refractivity (Wildman–Crippen MR) is 66.7 cm³/mol. The van der Waals surface area contributed by atoms with Crippen molar-refractivity contribution in [2.45, 2.75) is 13.0 Å². The van der Waals surface area contributed by atoms with Crippen molar-refractivity contribution in [3.05, 3.63) is 59.9 Å². The van der Waals surface area contributed by atoms with E-state index in [0.29, 0.717) is 5.75 Å². The zero-order valence-corrected chi connectivity index (χ0v) is 9.91. The van der Waals surface area contributed by atoms with E-state index in [0.717, 1.165) is 5.56 Å². The number of nitrogens with zero attached hydrogens (tertiary/aromatic N) is 1. The Morgan fingerprint density at radius 2 is 1.89 bits per heavy atom. The number of benzene rings is 1. The number of rotatable bonds is 4. The first-order chi connectivity index (χ1) is 8.68. The molecule has 0 aliphatic carbocycles. The molecule has 1 aromatic heterocycles. The summed E-state index contributed by atoms with van der Waals surface area (Å²) >= 11 is 0. The van der Waals surface area contributed by atoms with E-state index in [9.17, 15) is 4.79 Å². The molecule has 0 bridgehead atoms. The fourth-order valence-electron chi connectivity index (χ4n) is 1.64. The van der Waals surface area contributed by atoms with Crippen LogP contribution in [0.4, 0.5) is 0 Å². The van der Waals surface area contributed by atoms with E-state index in [1.165, 1.54) is 6.07 Å². The fraction of sp³-hybridized carbons (Fsp3) is 0.143. The monoisotopic (exact) mass is 243 g/mol. The van der Waals surface area contributed by atoms with Gasteiger partial charge in [0.1, 0.15) is 17.4 Å².